The molecule has 5 aromatic rings. The third kappa shape index (κ3) is 3.96. The molecule has 0 spiro atoms. The Balaban J connectivity index is 1.52. The predicted molar refractivity (Wildman–Crippen MR) is 146 cm³/mol. The predicted octanol–water partition coefficient (Wildman–Crippen LogP) is 5.85. The molecule has 1 atom stereocenters. The Morgan fingerprint density at radius 3 is 2.51 bits per heavy atom. The van der Waals surface area contributed by atoms with Crippen LogP contribution in [0, 0.1) is 0 Å². The summed E-state index contributed by atoms with van der Waals surface area (Å²) in [6, 6.07) is 18.2. The number of benzene rings is 3. The largest absolute Gasteiger partial charge is 0.503 e. The minimum Gasteiger partial charge on any atom is -0.503 e. The number of aliphatic hydroxyl groups is 1. The first-order valence-corrected chi connectivity index (χ1v) is 12.7. The van der Waals surface area contributed by atoms with Crippen LogP contribution in [0.3, 0.4) is 0 Å². The summed E-state index contributed by atoms with van der Waals surface area (Å²) in [5, 5.41) is 12.2. The number of methoxy groups -OCH3 is 3. The van der Waals surface area contributed by atoms with Crippen molar-refractivity contribution in [1.82, 2.24) is 4.98 Å². The molecular formula is C29H22N2O7S. The van der Waals surface area contributed by atoms with Gasteiger partial charge < -0.3 is 23.7 Å². The molecule has 2 aromatic heterocycles. The number of ether oxygens (including phenoxy) is 3. The number of para-hydroxylation sites is 1. The van der Waals surface area contributed by atoms with Crippen molar-refractivity contribution in [2.24, 2.45) is 0 Å². The Bertz CT molecular complexity index is 1770. The van der Waals surface area contributed by atoms with Crippen LogP contribution in [-0.4, -0.2) is 43.1 Å². The maximum Gasteiger partial charge on any atom is 0.296 e. The molecule has 1 aliphatic heterocycles. The van der Waals surface area contributed by atoms with Crippen LogP contribution < -0.4 is 19.1 Å². The van der Waals surface area contributed by atoms with E-state index in [0.29, 0.717) is 39.0 Å². The van der Waals surface area contributed by atoms with Crippen molar-refractivity contribution in [3.63, 3.8) is 0 Å². The molecule has 9 nitrogen and oxygen atoms in total. The number of Topliss-reactive ketones (excluding diaryl/α,β-unsaturated/α-hetero) is 1. The summed E-state index contributed by atoms with van der Waals surface area (Å²) in [6.07, 6.45) is 0. The molecule has 3 aromatic carbocycles. The first kappa shape index (κ1) is 24.5. The number of aromatic nitrogens is 1. The van der Waals surface area contributed by atoms with Gasteiger partial charge in [-0.15, -0.1) is 0 Å². The number of hydrogen-bond acceptors (Lipinski definition) is 9. The summed E-state index contributed by atoms with van der Waals surface area (Å²) in [6.45, 7) is 0. The Hall–Kier alpha value is -4.83. The Morgan fingerprint density at radius 1 is 0.974 bits per heavy atom. The third-order valence-electron chi connectivity index (χ3n) is 6.62. The van der Waals surface area contributed by atoms with E-state index < -0.39 is 23.5 Å². The van der Waals surface area contributed by atoms with Gasteiger partial charge in [-0.25, -0.2) is 4.98 Å². The molecule has 6 rings (SSSR count). The van der Waals surface area contributed by atoms with Crippen LogP contribution in [-0.2, 0) is 4.79 Å². The third-order valence-corrected chi connectivity index (χ3v) is 7.63. The van der Waals surface area contributed by atoms with Gasteiger partial charge in [-0.05, 0) is 48.0 Å². The van der Waals surface area contributed by atoms with E-state index in [1.807, 2.05) is 18.2 Å². The van der Waals surface area contributed by atoms with Crippen LogP contribution in [0.1, 0.15) is 22.2 Å². The van der Waals surface area contributed by atoms with Gasteiger partial charge in [0.25, 0.3) is 5.91 Å². The van der Waals surface area contributed by atoms with Crippen molar-refractivity contribution in [2.75, 3.05) is 26.2 Å². The molecule has 0 radical (unpaired) electrons. The van der Waals surface area contributed by atoms with E-state index >= 15 is 0 Å². The van der Waals surface area contributed by atoms with Crippen LogP contribution >= 0.6 is 11.3 Å². The highest BCUT2D eigenvalue weighted by molar-refractivity contribution is 7.22. The van der Waals surface area contributed by atoms with Gasteiger partial charge in [0.15, 0.2) is 28.1 Å². The number of thiazole rings is 1. The zero-order valence-corrected chi connectivity index (χ0v) is 21.9. The number of furan rings is 1. The fourth-order valence-electron chi connectivity index (χ4n) is 4.72. The van der Waals surface area contributed by atoms with Crippen molar-refractivity contribution >= 4 is 49.3 Å². The van der Waals surface area contributed by atoms with Gasteiger partial charge in [-0.2, -0.15) is 0 Å². The summed E-state index contributed by atoms with van der Waals surface area (Å²) < 4.78 is 22.8. The second-order valence-corrected chi connectivity index (χ2v) is 9.77. The number of ketones is 1. The summed E-state index contributed by atoms with van der Waals surface area (Å²) in [4.78, 5) is 33.5. The van der Waals surface area contributed by atoms with E-state index in [4.69, 9.17) is 18.6 Å². The molecule has 3 heterocycles. The molecule has 0 saturated heterocycles. The zero-order valence-electron chi connectivity index (χ0n) is 21.1. The summed E-state index contributed by atoms with van der Waals surface area (Å²) in [5.41, 5.74) is 1.56. The molecule has 1 unspecified atom stereocenters. The molecule has 10 heteroatoms. The molecule has 0 saturated carbocycles. The van der Waals surface area contributed by atoms with E-state index in [2.05, 4.69) is 4.98 Å². The fourth-order valence-corrected chi connectivity index (χ4v) is 5.74. The van der Waals surface area contributed by atoms with Gasteiger partial charge in [0.2, 0.25) is 5.78 Å². The number of carbonyl (C=O) groups is 2. The second-order valence-electron chi connectivity index (χ2n) is 8.76. The average Bonchev–Trinajstić information content (AvgIpc) is 3.65. The lowest BCUT2D eigenvalue weighted by atomic mass is 9.95. The molecule has 0 aliphatic carbocycles. The number of carbonyl (C=O) groups excluding carboxylic acids is 2. The summed E-state index contributed by atoms with van der Waals surface area (Å²) >= 11 is 1.24. The van der Waals surface area contributed by atoms with Gasteiger partial charge in [0, 0.05) is 5.39 Å². The minimum absolute atomic E-state index is 0.00640. The quantitative estimate of drug-likeness (QED) is 0.255. The second kappa shape index (κ2) is 9.48. The lowest BCUT2D eigenvalue weighted by Crippen LogP contribution is -2.31. The SMILES string of the molecule is COc1ccc2nc(N3C(=O)C(O)=C(C(=O)c4cc5ccccc5o4)C3c3ccc(OC)c(OC)c3)sc2c1. The standard InChI is InChI=1S/C29H22N2O7S/c1-35-17-9-10-18-23(14-17)39-29(30-18)31-25(16-8-11-20(36-2)21(13-16)37-3)24(27(33)28(31)34)26(32)22-12-15-6-4-5-7-19(15)38-22/h4-14,25,33H,1-3H3. The molecule has 0 bridgehead atoms. The van der Waals surface area contributed by atoms with Crippen LogP contribution in [0.15, 0.2) is 82.5 Å². The Labute approximate surface area is 226 Å². The average molecular weight is 543 g/mol. The van der Waals surface area contributed by atoms with Crippen LogP contribution in [0.4, 0.5) is 5.13 Å². The number of amides is 1. The van der Waals surface area contributed by atoms with Gasteiger partial charge in [0.1, 0.15) is 11.3 Å². The zero-order chi connectivity index (χ0) is 27.3. The van der Waals surface area contributed by atoms with Gasteiger partial charge in [-0.3, -0.25) is 14.5 Å². The number of anilines is 1. The first-order chi connectivity index (χ1) is 18.9. The maximum absolute atomic E-state index is 13.9. The number of aliphatic hydroxyl groups excluding tert-OH is 1. The van der Waals surface area contributed by atoms with E-state index in [-0.39, 0.29) is 11.3 Å². The van der Waals surface area contributed by atoms with Crippen molar-refractivity contribution in [3.05, 3.63) is 89.4 Å². The van der Waals surface area contributed by atoms with Gasteiger partial charge >= 0.3 is 0 Å². The van der Waals surface area contributed by atoms with Crippen molar-refractivity contribution in [3.8, 4) is 17.2 Å². The molecular weight excluding hydrogens is 520 g/mol. The molecule has 1 N–H and O–H groups in total. The highest BCUT2D eigenvalue weighted by atomic mass is 32.1. The molecule has 39 heavy (non-hydrogen) atoms. The van der Waals surface area contributed by atoms with E-state index in [1.54, 1.807) is 55.6 Å². The number of fused-ring (bicyclic) bond motifs is 2. The molecule has 1 amide bonds. The van der Waals surface area contributed by atoms with Crippen molar-refractivity contribution in [1.29, 1.82) is 0 Å². The number of rotatable bonds is 7. The van der Waals surface area contributed by atoms with Gasteiger partial charge in [0.05, 0.1) is 43.2 Å². The van der Waals surface area contributed by atoms with Crippen LogP contribution in [0.25, 0.3) is 21.2 Å². The minimum atomic E-state index is -1.01. The molecule has 196 valence electrons. The van der Waals surface area contributed by atoms with Crippen LogP contribution in [0.5, 0.6) is 17.2 Å². The fraction of sp³-hybridized carbons (Fsp3) is 0.138. The van der Waals surface area contributed by atoms with Crippen molar-refractivity contribution in [2.45, 2.75) is 6.04 Å². The van der Waals surface area contributed by atoms with E-state index in [9.17, 15) is 14.7 Å². The van der Waals surface area contributed by atoms with Crippen LogP contribution in [0.2, 0.25) is 0 Å². The Morgan fingerprint density at radius 2 is 1.77 bits per heavy atom. The molecule has 0 fully saturated rings. The topological polar surface area (TPSA) is 111 Å². The number of hydrogen-bond donors (Lipinski definition) is 1. The maximum atomic E-state index is 13.9. The van der Waals surface area contributed by atoms with E-state index in [0.717, 1.165) is 10.1 Å². The first-order valence-electron chi connectivity index (χ1n) is 11.9. The normalized spacial score (nSPS) is 15.4. The highest BCUT2D eigenvalue weighted by Gasteiger charge is 2.47. The van der Waals surface area contributed by atoms with Gasteiger partial charge in [-0.1, -0.05) is 35.6 Å². The highest BCUT2D eigenvalue weighted by Crippen LogP contribution is 2.46. The smallest absolute Gasteiger partial charge is 0.296 e. The summed E-state index contributed by atoms with van der Waals surface area (Å²) in [7, 11) is 4.58. The Kier molecular flexibility index (Phi) is 5.96. The summed E-state index contributed by atoms with van der Waals surface area (Å²) in [5.74, 6) is -0.504. The van der Waals surface area contributed by atoms with E-state index in [1.165, 1.54) is 30.5 Å². The van der Waals surface area contributed by atoms with Crippen molar-refractivity contribution < 1.29 is 33.3 Å². The number of nitrogens with zero attached hydrogens (tertiary/aromatic N) is 2. The lowest BCUT2D eigenvalue weighted by Gasteiger charge is -2.25. The lowest BCUT2D eigenvalue weighted by molar-refractivity contribution is -0.117. The molecule has 1 aliphatic rings. The monoisotopic (exact) mass is 542 g/mol.